The summed E-state index contributed by atoms with van der Waals surface area (Å²) < 4.78 is 1.21. The molecule has 5 rings (SSSR count). The van der Waals surface area contributed by atoms with Gasteiger partial charge in [-0.2, -0.15) is 0 Å². The lowest BCUT2D eigenvalue weighted by Crippen LogP contribution is -2.41. The predicted octanol–water partition coefficient (Wildman–Crippen LogP) is 6.24. The number of fused-ring (bicyclic) bond motifs is 2. The van der Waals surface area contributed by atoms with Crippen LogP contribution < -0.4 is 5.32 Å². The number of likely N-dealkylation sites (N-methyl/N-ethyl adjacent to an activating group) is 1. The number of hydrogen-bond acceptors (Lipinski definition) is 6. The molecule has 0 unspecified atom stereocenters. The van der Waals surface area contributed by atoms with E-state index in [9.17, 15) is 0 Å². The molecular formula is C22H24N4S2. The van der Waals surface area contributed by atoms with Crippen LogP contribution in [0.25, 0.3) is 20.4 Å². The molecular weight excluding hydrogens is 384 g/mol. The molecule has 6 heteroatoms. The first kappa shape index (κ1) is 18.0. The third-order valence-corrected chi connectivity index (χ3v) is 8.11. The highest BCUT2D eigenvalue weighted by atomic mass is 32.1. The van der Waals surface area contributed by atoms with Gasteiger partial charge in [-0.05, 0) is 63.7 Å². The molecule has 3 aromatic heterocycles. The molecule has 0 spiro atoms. The number of nitrogens with one attached hydrogen (secondary N) is 1. The van der Waals surface area contributed by atoms with E-state index >= 15 is 0 Å². The summed E-state index contributed by atoms with van der Waals surface area (Å²) in [6.07, 6.45) is 3.13. The first-order valence-electron chi connectivity index (χ1n) is 9.80. The molecule has 1 saturated heterocycles. The zero-order valence-electron chi connectivity index (χ0n) is 16.4. The van der Waals surface area contributed by atoms with Crippen molar-refractivity contribution in [3.05, 3.63) is 46.9 Å². The van der Waals surface area contributed by atoms with Crippen molar-refractivity contribution in [2.45, 2.75) is 38.6 Å². The number of benzene rings is 1. The van der Waals surface area contributed by atoms with Crippen LogP contribution in [0.3, 0.4) is 0 Å². The quantitative estimate of drug-likeness (QED) is 0.434. The molecule has 0 radical (unpaired) electrons. The maximum absolute atomic E-state index is 4.66. The number of hydrogen-bond donors (Lipinski definition) is 1. The summed E-state index contributed by atoms with van der Waals surface area (Å²) in [5, 5.41) is 4.81. The maximum Gasteiger partial charge on any atom is 0.125 e. The van der Waals surface area contributed by atoms with Crippen LogP contribution >= 0.6 is 22.7 Å². The molecule has 28 heavy (non-hydrogen) atoms. The zero-order chi connectivity index (χ0) is 19.3. The number of likely N-dealkylation sites (tertiary alicyclic amines) is 1. The van der Waals surface area contributed by atoms with Crippen molar-refractivity contribution in [1.82, 2.24) is 14.9 Å². The minimum absolute atomic E-state index is 0.193. The third kappa shape index (κ3) is 2.91. The number of anilines is 2. The largest absolute Gasteiger partial charge is 0.355 e. The Balaban J connectivity index is 1.51. The van der Waals surface area contributed by atoms with E-state index in [0.29, 0.717) is 5.92 Å². The second-order valence-corrected chi connectivity index (χ2v) is 9.91. The number of thiazole rings is 1. The van der Waals surface area contributed by atoms with E-state index in [1.165, 1.54) is 27.9 Å². The number of pyridine rings is 1. The Morgan fingerprint density at radius 1 is 1.21 bits per heavy atom. The van der Waals surface area contributed by atoms with Crippen molar-refractivity contribution in [2.24, 2.45) is 0 Å². The van der Waals surface area contributed by atoms with Gasteiger partial charge in [-0.3, -0.25) is 4.90 Å². The van der Waals surface area contributed by atoms with Crippen LogP contribution in [0, 0.1) is 0 Å². The standard InChI is InChI=1S/C22H24N4S2/c1-4-26-10-8-16(22(26,2)3)20-12-15-17(7-9-23-21(15)28-20)25-14-5-6-19-18(11-14)24-13-27-19/h5-7,9,11-13,16H,4,8,10H2,1-3H3,(H,23,25)/t16-/m0/s1. The molecule has 0 bridgehead atoms. The summed E-state index contributed by atoms with van der Waals surface area (Å²) in [5.41, 5.74) is 5.31. The molecule has 1 N–H and O–H groups in total. The van der Waals surface area contributed by atoms with Crippen LogP contribution in [-0.2, 0) is 0 Å². The predicted molar refractivity (Wildman–Crippen MR) is 121 cm³/mol. The topological polar surface area (TPSA) is 41.0 Å². The van der Waals surface area contributed by atoms with Gasteiger partial charge in [0.25, 0.3) is 0 Å². The summed E-state index contributed by atoms with van der Waals surface area (Å²) in [6, 6.07) is 10.8. The van der Waals surface area contributed by atoms with Gasteiger partial charge in [0.2, 0.25) is 0 Å². The zero-order valence-corrected chi connectivity index (χ0v) is 18.0. The van der Waals surface area contributed by atoms with Crippen molar-refractivity contribution in [1.29, 1.82) is 0 Å². The van der Waals surface area contributed by atoms with Gasteiger partial charge in [0.15, 0.2) is 0 Å². The highest BCUT2D eigenvalue weighted by Gasteiger charge is 2.41. The molecule has 1 atom stereocenters. The van der Waals surface area contributed by atoms with E-state index in [1.807, 2.05) is 23.0 Å². The first-order valence-corrected chi connectivity index (χ1v) is 11.5. The minimum atomic E-state index is 0.193. The lowest BCUT2D eigenvalue weighted by molar-refractivity contribution is 0.171. The van der Waals surface area contributed by atoms with Crippen LogP contribution in [0.1, 0.15) is 38.0 Å². The van der Waals surface area contributed by atoms with Crippen LogP contribution in [0.5, 0.6) is 0 Å². The number of thiophene rings is 1. The SMILES string of the molecule is CCN1CC[C@@H](c2cc3c(Nc4ccc5scnc5c4)ccnc3s2)C1(C)C. The van der Waals surface area contributed by atoms with Gasteiger partial charge in [0.1, 0.15) is 4.83 Å². The average Bonchev–Trinajstić information content (AvgIpc) is 3.37. The molecule has 1 fully saturated rings. The fraction of sp³-hybridized carbons (Fsp3) is 0.364. The van der Waals surface area contributed by atoms with Crippen molar-refractivity contribution in [3.8, 4) is 0 Å². The van der Waals surface area contributed by atoms with Crippen LogP contribution in [0.4, 0.5) is 11.4 Å². The summed E-state index contributed by atoms with van der Waals surface area (Å²) in [7, 11) is 0. The number of nitrogens with zero attached hydrogens (tertiary/aromatic N) is 3. The lowest BCUT2D eigenvalue weighted by Gasteiger charge is -2.35. The second kappa shape index (κ2) is 6.79. The summed E-state index contributed by atoms with van der Waals surface area (Å²) in [4.78, 5) is 14.3. The molecule has 4 aromatic rings. The molecule has 4 heterocycles. The monoisotopic (exact) mass is 408 g/mol. The fourth-order valence-corrected chi connectivity index (χ4v) is 6.53. The van der Waals surface area contributed by atoms with Crippen molar-refractivity contribution >= 4 is 54.5 Å². The molecule has 0 saturated carbocycles. The Kier molecular flexibility index (Phi) is 4.38. The van der Waals surface area contributed by atoms with Gasteiger partial charge in [0, 0.05) is 33.6 Å². The highest BCUT2D eigenvalue weighted by molar-refractivity contribution is 7.18. The summed E-state index contributed by atoms with van der Waals surface area (Å²) in [6.45, 7) is 9.31. The summed E-state index contributed by atoms with van der Waals surface area (Å²) in [5.74, 6) is 0.561. The molecule has 4 nitrogen and oxygen atoms in total. The van der Waals surface area contributed by atoms with Crippen molar-refractivity contribution < 1.29 is 0 Å². The van der Waals surface area contributed by atoms with Crippen LogP contribution in [0.2, 0.25) is 0 Å². The highest BCUT2D eigenvalue weighted by Crippen LogP contribution is 2.46. The summed E-state index contributed by atoms with van der Waals surface area (Å²) >= 11 is 3.52. The molecule has 0 aliphatic carbocycles. The van der Waals surface area contributed by atoms with E-state index in [0.717, 1.165) is 28.3 Å². The first-order chi connectivity index (χ1) is 13.6. The third-order valence-electron chi connectivity index (χ3n) is 6.14. The van der Waals surface area contributed by atoms with Gasteiger partial charge in [0.05, 0.1) is 21.4 Å². The van der Waals surface area contributed by atoms with Gasteiger partial charge in [-0.1, -0.05) is 6.92 Å². The molecule has 1 aliphatic heterocycles. The second-order valence-electron chi connectivity index (χ2n) is 7.96. The molecule has 144 valence electrons. The smallest absolute Gasteiger partial charge is 0.125 e. The molecule has 1 aliphatic rings. The van der Waals surface area contributed by atoms with E-state index in [-0.39, 0.29) is 5.54 Å². The van der Waals surface area contributed by atoms with Gasteiger partial charge in [-0.15, -0.1) is 22.7 Å². The Hall–Kier alpha value is -2.02. The van der Waals surface area contributed by atoms with Crippen LogP contribution in [0.15, 0.2) is 42.0 Å². The van der Waals surface area contributed by atoms with Gasteiger partial charge >= 0.3 is 0 Å². The Labute approximate surface area is 173 Å². The Bertz CT molecular complexity index is 1140. The van der Waals surface area contributed by atoms with E-state index < -0.39 is 0 Å². The number of rotatable bonds is 4. The Morgan fingerprint density at radius 2 is 2.11 bits per heavy atom. The number of aromatic nitrogens is 2. The van der Waals surface area contributed by atoms with Crippen LogP contribution in [-0.4, -0.2) is 33.5 Å². The average molecular weight is 409 g/mol. The minimum Gasteiger partial charge on any atom is -0.355 e. The Morgan fingerprint density at radius 3 is 2.93 bits per heavy atom. The van der Waals surface area contributed by atoms with Gasteiger partial charge in [-0.25, -0.2) is 9.97 Å². The fourth-order valence-electron chi connectivity index (χ4n) is 4.53. The molecule has 1 aromatic carbocycles. The molecule has 0 amide bonds. The lowest BCUT2D eigenvalue weighted by atomic mass is 9.87. The van der Waals surface area contributed by atoms with Crippen molar-refractivity contribution in [2.75, 3.05) is 18.4 Å². The van der Waals surface area contributed by atoms with Crippen molar-refractivity contribution in [3.63, 3.8) is 0 Å². The van der Waals surface area contributed by atoms with E-state index in [2.05, 4.69) is 71.3 Å². The maximum atomic E-state index is 4.66. The van der Waals surface area contributed by atoms with E-state index in [4.69, 9.17) is 0 Å². The normalized spacial score (nSPS) is 19.6. The van der Waals surface area contributed by atoms with Gasteiger partial charge < -0.3 is 5.32 Å². The van der Waals surface area contributed by atoms with E-state index in [1.54, 1.807) is 11.3 Å².